The van der Waals surface area contributed by atoms with Crippen molar-refractivity contribution in [3.63, 3.8) is 0 Å². The molecule has 6 rings (SSSR count). The van der Waals surface area contributed by atoms with E-state index < -0.39 is 21.6 Å². The van der Waals surface area contributed by atoms with E-state index in [1.807, 2.05) is 13.0 Å². The SMILES string of the molecule is Cc1ccc2c(NS(=O)(=O)Cc3ccccn3)c(F)ccc2c1Oc1ncccc1-c1ccnc(NC2CCCNC2)n1.Cl. The van der Waals surface area contributed by atoms with Crippen LogP contribution in [0.5, 0.6) is 11.6 Å². The fourth-order valence-corrected chi connectivity index (χ4v) is 6.22. The van der Waals surface area contributed by atoms with Gasteiger partial charge in [-0.15, -0.1) is 12.4 Å². The predicted octanol–water partition coefficient (Wildman–Crippen LogP) is 5.85. The Hall–Kier alpha value is -4.39. The number of benzene rings is 2. The van der Waals surface area contributed by atoms with Gasteiger partial charge in [0.25, 0.3) is 0 Å². The first-order valence-electron chi connectivity index (χ1n) is 13.9. The zero-order chi connectivity index (χ0) is 29.8. The van der Waals surface area contributed by atoms with Crippen molar-refractivity contribution in [1.29, 1.82) is 0 Å². The molecule has 1 unspecified atom stereocenters. The maximum absolute atomic E-state index is 15.1. The zero-order valence-corrected chi connectivity index (χ0v) is 25.5. The van der Waals surface area contributed by atoms with Gasteiger partial charge >= 0.3 is 0 Å². The summed E-state index contributed by atoms with van der Waals surface area (Å²) in [5, 5.41) is 7.64. The molecular weight excluding hydrogens is 605 g/mol. The highest BCUT2D eigenvalue weighted by Gasteiger charge is 2.21. The van der Waals surface area contributed by atoms with E-state index in [0.29, 0.717) is 45.3 Å². The van der Waals surface area contributed by atoms with Gasteiger partial charge in [0.1, 0.15) is 17.3 Å². The van der Waals surface area contributed by atoms with Crippen molar-refractivity contribution in [3.8, 4) is 22.9 Å². The average molecular weight is 636 g/mol. The lowest BCUT2D eigenvalue weighted by Crippen LogP contribution is -2.38. The van der Waals surface area contributed by atoms with Gasteiger partial charge in [0.05, 0.1) is 22.6 Å². The van der Waals surface area contributed by atoms with Crippen molar-refractivity contribution < 1.29 is 17.5 Å². The smallest absolute Gasteiger partial charge is 0.238 e. The maximum Gasteiger partial charge on any atom is 0.238 e. The highest BCUT2D eigenvalue weighted by Crippen LogP contribution is 2.39. The van der Waals surface area contributed by atoms with Gasteiger partial charge in [0.15, 0.2) is 0 Å². The number of nitrogens with zero attached hydrogens (tertiary/aromatic N) is 4. The van der Waals surface area contributed by atoms with E-state index in [-0.39, 0.29) is 24.1 Å². The van der Waals surface area contributed by atoms with Gasteiger partial charge in [0, 0.05) is 41.9 Å². The first kappa shape index (κ1) is 31.0. The molecular formula is C31H31ClFN7O3S. The van der Waals surface area contributed by atoms with Gasteiger partial charge in [-0.25, -0.2) is 27.8 Å². The van der Waals surface area contributed by atoms with Crippen molar-refractivity contribution >= 4 is 44.8 Å². The van der Waals surface area contributed by atoms with Crippen LogP contribution in [-0.2, 0) is 15.8 Å². The van der Waals surface area contributed by atoms with Crippen LogP contribution in [-0.4, -0.2) is 47.5 Å². The lowest BCUT2D eigenvalue weighted by atomic mass is 10.0. The highest BCUT2D eigenvalue weighted by atomic mass is 35.5. The summed E-state index contributed by atoms with van der Waals surface area (Å²) in [5.41, 5.74) is 2.20. The number of hydrogen-bond acceptors (Lipinski definition) is 9. The van der Waals surface area contributed by atoms with Gasteiger partial charge in [-0.1, -0.05) is 18.2 Å². The van der Waals surface area contributed by atoms with E-state index in [0.717, 1.165) is 31.5 Å². The first-order valence-corrected chi connectivity index (χ1v) is 15.6. The quantitative estimate of drug-likeness (QED) is 0.182. The maximum atomic E-state index is 15.1. The summed E-state index contributed by atoms with van der Waals surface area (Å²) in [6.45, 7) is 3.71. The summed E-state index contributed by atoms with van der Waals surface area (Å²) < 4.78 is 49.9. The predicted molar refractivity (Wildman–Crippen MR) is 171 cm³/mol. The molecule has 1 saturated heterocycles. The van der Waals surface area contributed by atoms with Crippen LogP contribution in [0.4, 0.5) is 16.0 Å². The largest absolute Gasteiger partial charge is 0.437 e. The summed E-state index contributed by atoms with van der Waals surface area (Å²) >= 11 is 0. The zero-order valence-electron chi connectivity index (χ0n) is 23.8. The van der Waals surface area contributed by atoms with E-state index in [2.05, 4.69) is 30.3 Å². The molecule has 1 aliphatic heterocycles. The second kappa shape index (κ2) is 13.5. The number of sulfonamides is 1. The van der Waals surface area contributed by atoms with Crippen LogP contribution in [0, 0.1) is 12.7 Å². The molecule has 2 aromatic carbocycles. The lowest BCUT2D eigenvalue weighted by Gasteiger charge is -2.23. The number of pyridine rings is 2. The normalized spacial score (nSPS) is 14.9. The van der Waals surface area contributed by atoms with E-state index >= 15 is 4.39 Å². The van der Waals surface area contributed by atoms with Crippen molar-refractivity contribution in [2.75, 3.05) is 23.1 Å². The Labute approximate surface area is 261 Å². The Balaban J connectivity index is 0.00000384. The minimum atomic E-state index is -3.97. The standard InChI is InChI=1S/C31H30FN7O3S.ClH/c1-20-9-10-23-24(11-12-26(32)28(23)39-43(40,41)19-22-6-2-3-15-34-22)29(20)42-30-25(8-5-16-35-30)27-13-17-36-31(38-27)37-21-7-4-14-33-18-21;/h2-3,5-6,8-13,15-17,21,33,39H,4,7,14,18-19H2,1H3,(H,36,37,38);1H. The molecule has 0 aliphatic carbocycles. The van der Waals surface area contributed by atoms with Crippen molar-refractivity contribution in [3.05, 3.63) is 96.3 Å². The topological polar surface area (TPSA) is 131 Å². The molecule has 1 aliphatic rings. The van der Waals surface area contributed by atoms with Crippen LogP contribution in [0.2, 0.25) is 0 Å². The summed E-state index contributed by atoms with van der Waals surface area (Å²) in [7, 11) is -3.97. The number of nitrogens with one attached hydrogen (secondary N) is 3. The Morgan fingerprint density at radius 1 is 0.977 bits per heavy atom. The van der Waals surface area contributed by atoms with Gasteiger partial charge in [-0.05, 0) is 74.3 Å². The lowest BCUT2D eigenvalue weighted by molar-refractivity contribution is 0.466. The molecule has 0 spiro atoms. The Kier molecular flexibility index (Phi) is 9.52. The van der Waals surface area contributed by atoms with E-state index in [1.54, 1.807) is 60.9 Å². The molecule has 228 valence electrons. The Bertz CT molecular complexity index is 1870. The van der Waals surface area contributed by atoms with Crippen LogP contribution in [0.25, 0.3) is 22.0 Å². The second-order valence-electron chi connectivity index (χ2n) is 10.3. The van der Waals surface area contributed by atoms with Gasteiger partial charge in [0.2, 0.25) is 21.9 Å². The summed E-state index contributed by atoms with van der Waals surface area (Å²) in [4.78, 5) is 17.7. The summed E-state index contributed by atoms with van der Waals surface area (Å²) in [6, 6.07) is 16.9. The van der Waals surface area contributed by atoms with Crippen molar-refractivity contribution in [2.24, 2.45) is 0 Å². The van der Waals surface area contributed by atoms with Crippen molar-refractivity contribution in [2.45, 2.75) is 31.6 Å². The van der Waals surface area contributed by atoms with Gasteiger partial charge in [-0.3, -0.25) is 9.71 Å². The van der Waals surface area contributed by atoms with Crippen LogP contribution in [0.1, 0.15) is 24.1 Å². The summed E-state index contributed by atoms with van der Waals surface area (Å²) in [5.74, 6) is 0.121. The molecule has 1 fully saturated rings. The molecule has 10 nitrogen and oxygen atoms in total. The molecule has 3 aromatic heterocycles. The number of anilines is 2. The van der Waals surface area contributed by atoms with Crippen molar-refractivity contribution in [1.82, 2.24) is 25.3 Å². The third-order valence-corrected chi connectivity index (χ3v) is 8.34. The Morgan fingerprint density at radius 3 is 2.61 bits per heavy atom. The molecule has 44 heavy (non-hydrogen) atoms. The number of ether oxygens (including phenoxy) is 1. The third-order valence-electron chi connectivity index (χ3n) is 7.15. The number of halogens is 2. The number of hydrogen-bond donors (Lipinski definition) is 3. The monoisotopic (exact) mass is 635 g/mol. The molecule has 3 N–H and O–H groups in total. The average Bonchev–Trinajstić information content (AvgIpc) is 3.01. The van der Waals surface area contributed by atoms with Crippen LogP contribution in [0.3, 0.4) is 0 Å². The Morgan fingerprint density at radius 2 is 1.82 bits per heavy atom. The highest BCUT2D eigenvalue weighted by molar-refractivity contribution is 7.91. The fourth-order valence-electron chi connectivity index (χ4n) is 5.07. The number of aryl methyl sites for hydroxylation is 1. The van der Waals surface area contributed by atoms with Crippen LogP contribution >= 0.6 is 12.4 Å². The van der Waals surface area contributed by atoms with Gasteiger partial charge in [-0.2, -0.15) is 0 Å². The third kappa shape index (κ3) is 7.04. The molecule has 5 aromatic rings. The van der Waals surface area contributed by atoms with E-state index in [9.17, 15) is 8.42 Å². The number of fused-ring (bicyclic) bond motifs is 1. The molecule has 0 radical (unpaired) electrons. The first-order chi connectivity index (χ1) is 20.9. The minimum absolute atomic E-state index is 0. The van der Waals surface area contributed by atoms with E-state index in [1.165, 1.54) is 12.3 Å². The fraction of sp³-hybridized carbons (Fsp3) is 0.226. The summed E-state index contributed by atoms with van der Waals surface area (Å²) in [6.07, 6.45) is 6.93. The molecule has 1 atom stereocenters. The van der Waals surface area contributed by atoms with Gasteiger partial charge < -0.3 is 15.4 Å². The molecule has 0 saturated carbocycles. The van der Waals surface area contributed by atoms with Crippen LogP contribution < -0.4 is 20.1 Å². The number of piperidine rings is 1. The minimum Gasteiger partial charge on any atom is -0.437 e. The molecule has 4 heterocycles. The molecule has 0 bridgehead atoms. The number of aromatic nitrogens is 4. The molecule has 0 amide bonds. The van der Waals surface area contributed by atoms with E-state index in [4.69, 9.17) is 9.72 Å². The number of rotatable bonds is 9. The van der Waals surface area contributed by atoms with Crippen LogP contribution in [0.15, 0.2) is 79.3 Å². The second-order valence-corrected chi connectivity index (χ2v) is 12.0. The molecule has 13 heteroatoms.